The van der Waals surface area contributed by atoms with Gasteiger partial charge in [0.05, 0.1) is 18.8 Å². The van der Waals surface area contributed by atoms with Gasteiger partial charge in [-0.2, -0.15) is 0 Å². The standard InChI is InChI=1S/C19H25N3O3/c1-13-4-9-18(25-13)15(3)20-19(23)21-16-5-7-17(8-6-16)22-10-11-24-14(2)12-22/h4-9,14-15H,10-12H2,1-3H3,(H2,20,21,23)/t14-,15+/m0/s1. The summed E-state index contributed by atoms with van der Waals surface area (Å²) < 4.78 is 11.1. The van der Waals surface area contributed by atoms with Gasteiger partial charge in [0.1, 0.15) is 11.5 Å². The van der Waals surface area contributed by atoms with Crippen LogP contribution in [0.3, 0.4) is 0 Å². The van der Waals surface area contributed by atoms with Crippen LogP contribution < -0.4 is 15.5 Å². The molecule has 0 saturated carbocycles. The normalized spacial score (nSPS) is 18.7. The van der Waals surface area contributed by atoms with Gasteiger partial charge in [-0.3, -0.25) is 0 Å². The van der Waals surface area contributed by atoms with Gasteiger partial charge in [0.2, 0.25) is 0 Å². The number of nitrogens with zero attached hydrogens (tertiary/aromatic N) is 1. The minimum Gasteiger partial charge on any atom is -0.464 e. The Morgan fingerprint density at radius 1 is 1.24 bits per heavy atom. The van der Waals surface area contributed by atoms with Crippen molar-refractivity contribution in [2.24, 2.45) is 0 Å². The molecular formula is C19H25N3O3. The molecule has 0 radical (unpaired) electrons. The maximum absolute atomic E-state index is 12.1. The number of anilines is 2. The third kappa shape index (κ3) is 4.54. The Hall–Kier alpha value is -2.47. The Bertz CT molecular complexity index is 711. The molecule has 2 aromatic rings. The number of carbonyl (C=O) groups is 1. The predicted octanol–water partition coefficient (Wildman–Crippen LogP) is 3.70. The first kappa shape index (κ1) is 17.4. The van der Waals surface area contributed by atoms with Crippen LogP contribution in [0, 0.1) is 6.92 Å². The van der Waals surface area contributed by atoms with Gasteiger partial charge >= 0.3 is 6.03 Å². The SMILES string of the molecule is Cc1ccc([C@@H](C)NC(=O)Nc2ccc(N3CCO[C@@H](C)C3)cc2)o1. The number of furan rings is 1. The summed E-state index contributed by atoms with van der Waals surface area (Å²) in [6, 6.07) is 11.2. The number of rotatable bonds is 4. The summed E-state index contributed by atoms with van der Waals surface area (Å²) in [4.78, 5) is 14.4. The zero-order valence-corrected chi connectivity index (χ0v) is 14.9. The van der Waals surface area contributed by atoms with E-state index in [9.17, 15) is 4.79 Å². The van der Waals surface area contributed by atoms with E-state index in [1.54, 1.807) is 0 Å². The van der Waals surface area contributed by atoms with Crippen LogP contribution in [0.4, 0.5) is 16.2 Å². The first-order valence-corrected chi connectivity index (χ1v) is 8.62. The van der Waals surface area contributed by atoms with Gasteiger partial charge in [-0.25, -0.2) is 4.79 Å². The van der Waals surface area contributed by atoms with Crippen molar-refractivity contribution in [3.05, 3.63) is 47.9 Å². The van der Waals surface area contributed by atoms with Crippen molar-refractivity contribution in [1.29, 1.82) is 0 Å². The molecule has 6 heteroatoms. The number of aryl methyl sites for hydroxylation is 1. The third-order valence-corrected chi connectivity index (χ3v) is 4.27. The van der Waals surface area contributed by atoms with E-state index in [1.807, 2.05) is 50.2 Å². The molecule has 134 valence electrons. The molecule has 2 amide bonds. The maximum Gasteiger partial charge on any atom is 0.319 e. The highest BCUT2D eigenvalue weighted by atomic mass is 16.5. The van der Waals surface area contributed by atoms with Gasteiger partial charge < -0.3 is 24.7 Å². The number of urea groups is 1. The lowest BCUT2D eigenvalue weighted by Gasteiger charge is -2.33. The molecule has 3 rings (SSSR count). The summed E-state index contributed by atoms with van der Waals surface area (Å²) in [6.45, 7) is 8.36. The molecular weight excluding hydrogens is 318 g/mol. The molecule has 2 N–H and O–H groups in total. The van der Waals surface area contributed by atoms with Crippen molar-refractivity contribution in [3.8, 4) is 0 Å². The van der Waals surface area contributed by atoms with E-state index in [4.69, 9.17) is 9.15 Å². The number of ether oxygens (including phenoxy) is 1. The van der Waals surface area contributed by atoms with Crippen LogP contribution in [0.1, 0.15) is 31.4 Å². The first-order chi connectivity index (χ1) is 12.0. The zero-order valence-electron chi connectivity index (χ0n) is 14.9. The number of carbonyl (C=O) groups excluding carboxylic acids is 1. The molecule has 0 aliphatic carbocycles. The van der Waals surface area contributed by atoms with Crippen LogP contribution in [0.25, 0.3) is 0 Å². The van der Waals surface area contributed by atoms with E-state index < -0.39 is 0 Å². The molecule has 0 bridgehead atoms. The lowest BCUT2D eigenvalue weighted by molar-refractivity contribution is 0.0532. The van der Waals surface area contributed by atoms with E-state index in [2.05, 4.69) is 22.5 Å². The third-order valence-electron chi connectivity index (χ3n) is 4.27. The number of benzene rings is 1. The molecule has 0 unspecified atom stereocenters. The highest BCUT2D eigenvalue weighted by Gasteiger charge is 2.17. The van der Waals surface area contributed by atoms with Gasteiger partial charge in [0, 0.05) is 24.5 Å². The number of amides is 2. The van der Waals surface area contributed by atoms with Crippen LogP contribution in [0.15, 0.2) is 40.8 Å². The van der Waals surface area contributed by atoms with Crippen LogP contribution in [0.2, 0.25) is 0 Å². The van der Waals surface area contributed by atoms with Gasteiger partial charge in [0.25, 0.3) is 0 Å². The number of hydrogen-bond acceptors (Lipinski definition) is 4. The van der Waals surface area contributed by atoms with Crippen LogP contribution in [-0.4, -0.2) is 31.8 Å². The Balaban J connectivity index is 1.54. The summed E-state index contributed by atoms with van der Waals surface area (Å²) in [6.07, 6.45) is 0.240. The molecule has 1 aliphatic heterocycles. The molecule has 2 atom stereocenters. The molecule has 1 fully saturated rings. The van der Waals surface area contributed by atoms with Crippen LogP contribution in [-0.2, 0) is 4.74 Å². The summed E-state index contributed by atoms with van der Waals surface area (Å²) >= 11 is 0. The number of morpholine rings is 1. The summed E-state index contributed by atoms with van der Waals surface area (Å²) in [5.74, 6) is 1.57. The van der Waals surface area contributed by atoms with Crippen molar-refractivity contribution < 1.29 is 13.9 Å². The molecule has 1 saturated heterocycles. The van der Waals surface area contributed by atoms with Gasteiger partial charge in [0.15, 0.2) is 0 Å². The average Bonchev–Trinajstić information content (AvgIpc) is 3.02. The van der Waals surface area contributed by atoms with Crippen molar-refractivity contribution in [1.82, 2.24) is 5.32 Å². The molecule has 6 nitrogen and oxygen atoms in total. The monoisotopic (exact) mass is 343 g/mol. The minimum absolute atomic E-state index is 0.192. The Morgan fingerprint density at radius 3 is 2.64 bits per heavy atom. The Kier molecular flexibility index (Phi) is 5.28. The molecule has 1 aliphatic rings. The van der Waals surface area contributed by atoms with Crippen molar-refractivity contribution in [3.63, 3.8) is 0 Å². The fraction of sp³-hybridized carbons (Fsp3) is 0.421. The van der Waals surface area contributed by atoms with Crippen LogP contribution >= 0.6 is 0 Å². The molecule has 2 heterocycles. The molecule has 1 aromatic carbocycles. The summed E-state index contributed by atoms with van der Waals surface area (Å²) in [5, 5.41) is 5.72. The fourth-order valence-electron chi connectivity index (χ4n) is 2.93. The quantitative estimate of drug-likeness (QED) is 0.888. The average molecular weight is 343 g/mol. The predicted molar refractivity (Wildman–Crippen MR) is 98.1 cm³/mol. The Morgan fingerprint density at radius 2 is 2.00 bits per heavy atom. The molecule has 0 spiro atoms. The van der Waals surface area contributed by atoms with Gasteiger partial charge in [-0.1, -0.05) is 0 Å². The second kappa shape index (κ2) is 7.61. The summed E-state index contributed by atoms with van der Waals surface area (Å²) in [7, 11) is 0. The van der Waals surface area contributed by atoms with Crippen LogP contribution in [0.5, 0.6) is 0 Å². The second-order valence-corrected chi connectivity index (χ2v) is 6.44. The fourth-order valence-corrected chi connectivity index (χ4v) is 2.93. The first-order valence-electron chi connectivity index (χ1n) is 8.62. The van der Waals surface area contributed by atoms with Crippen molar-refractivity contribution in [2.45, 2.75) is 32.9 Å². The minimum atomic E-state index is -0.255. The topological polar surface area (TPSA) is 66.7 Å². The lowest BCUT2D eigenvalue weighted by atomic mass is 10.2. The summed E-state index contributed by atoms with van der Waals surface area (Å²) in [5.41, 5.74) is 1.89. The van der Waals surface area contributed by atoms with E-state index in [0.717, 1.165) is 42.6 Å². The smallest absolute Gasteiger partial charge is 0.319 e. The van der Waals surface area contributed by atoms with E-state index in [1.165, 1.54) is 0 Å². The zero-order chi connectivity index (χ0) is 17.8. The van der Waals surface area contributed by atoms with E-state index in [-0.39, 0.29) is 18.2 Å². The Labute approximate surface area is 148 Å². The van der Waals surface area contributed by atoms with Gasteiger partial charge in [-0.05, 0) is 57.2 Å². The van der Waals surface area contributed by atoms with Crippen molar-refractivity contribution >= 4 is 17.4 Å². The highest BCUT2D eigenvalue weighted by molar-refractivity contribution is 5.89. The van der Waals surface area contributed by atoms with E-state index >= 15 is 0 Å². The molecule has 1 aromatic heterocycles. The van der Waals surface area contributed by atoms with Crippen molar-refractivity contribution in [2.75, 3.05) is 29.9 Å². The van der Waals surface area contributed by atoms with E-state index in [0.29, 0.717) is 0 Å². The number of nitrogens with one attached hydrogen (secondary N) is 2. The van der Waals surface area contributed by atoms with Gasteiger partial charge in [-0.15, -0.1) is 0 Å². The number of hydrogen-bond donors (Lipinski definition) is 2. The highest BCUT2D eigenvalue weighted by Crippen LogP contribution is 2.21. The second-order valence-electron chi connectivity index (χ2n) is 6.44. The largest absolute Gasteiger partial charge is 0.464 e. The lowest BCUT2D eigenvalue weighted by Crippen LogP contribution is -2.41. The maximum atomic E-state index is 12.1. The molecule has 25 heavy (non-hydrogen) atoms.